The van der Waals surface area contributed by atoms with Gasteiger partial charge in [-0.15, -0.1) is 0 Å². The van der Waals surface area contributed by atoms with Gasteiger partial charge in [0.2, 0.25) is 0 Å². The molecule has 0 aromatic heterocycles. The second-order valence-corrected chi connectivity index (χ2v) is 8.31. The highest BCUT2D eigenvalue weighted by Gasteiger charge is 2.54. The second-order valence-electron chi connectivity index (χ2n) is 8.31. The maximum Gasteiger partial charge on any atom is 0.168 e. The molecule has 0 radical (unpaired) electrons. The van der Waals surface area contributed by atoms with Crippen LogP contribution >= 0.6 is 0 Å². The Morgan fingerprint density at radius 3 is 2.38 bits per heavy atom. The van der Waals surface area contributed by atoms with Gasteiger partial charge in [0.05, 0.1) is 13.2 Å². The first-order valence-electron chi connectivity index (χ1n) is 9.37. The summed E-state index contributed by atoms with van der Waals surface area (Å²) in [6.45, 7) is 1.60. The van der Waals surface area contributed by atoms with E-state index in [2.05, 4.69) is 5.32 Å². The molecule has 5 unspecified atom stereocenters. The monoisotopic (exact) mass is 291 g/mol. The van der Waals surface area contributed by atoms with E-state index in [1.807, 2.05) is 0 Å². The van der Waals surface area contributed by atoms with Gasteiger partial charge >= 0.3 is 0 Å². The van der Waals surface area contributed by atoms with Crippen LogP contribution in [0.15, 0.2) is 0 Å². The molecule has 1 aliphatic heterocycles. The molecule has 2 bridgehead atoms. The maximum atomic E-state index is 5.86. The number of hydrogen-bond acceptors (Lipinski definition) is 3. The number of nitrogens with one attached hydrogen (secondary N) is 1. The van der Waals surface area contributed by atoms with Crippen LogP contribution in [-0.4, -0.2) is 31.1 Å². The zero-order valence-electron chi connectivity index (χ0n) is 13.1. The summed E-state index contributed by atoms with van der Waals surface area (Å²) in [6.07, 6.45) is 12.3. The molecule has 5 rings (SSSR count). The summed E-state index contributed by atoms with van der Waals surface area (Å²) < 4.78 is 11.7. The molecule has 3 nitrogen and oxygen atoms in total. The average molecular weight is 291 g/mol. The van der Waals surface area contributed by atoms with Crippen molar-refractivity contribution in [1.82, 2.24) is 5.32 Å². The molecule has 0 aromatic rings. The van der Waals surface area contributed by atoms with Crippen molar-refractivity contribution in [2.45, 2.75) is 75.7 Å². The van der Waals surface area contributed by atoms with Crippen molar-refractivity contribution < 1.29 is 9.47 Å². The third kappa shape index (κ3) is 2.11. The lowest BCUT2D eigenvalue weighted by atomic mass is 9.78. The fourth-order valence-corrected chi connectivity index (χ4v) is 6.57. The highest BCUT2D eigenvalue weighted by molar-refractivity contribution is 5.06. The minimum atomic E-state index is -0.191. The van der Waals surface area contributed by atoms with Crippen LogP contribution in [0, 0.1) is 23.7 Å². The lowest BCUT2D eigenvalue weighted by Crippen LogP contribution is -2.48. The van der Waals surface area contributed by atoms with E-state index < -0.39 is 0 Å². The molecular formula is C18H29NO2. The van der Waals surface area contributed by atoms with Crippen LogP contribution in [0.3, 0.4) is 0 Å². The summed E-state index contributed by atoms with van der Waals surface area (Å²) in [7, 11) is 0. The van der Waals surface area contributed by atoms with Gasteiger partial charge in [0, 0.05) is 24.9 Å². The van der Waals surface area contributed by atoms with Crippen LogP contribution in [-0.2, 0) is 9.47 Å². The fraction of sp³-hybridized carbons (Fsp3) is 1.00. The molecule has 3 heteroatoms. The van der Waals surface area contributed by atoms with Crippen molar-refractivity contribution in [2.75, 3.05) is 13.2 Å². The zero-order chi connectivity index (χ0) is 13.9. The lowest BCUT2D eigenvalue weighted by Gasteiger charge is -2.39. The van der Waals surface area contributed by atoms with Crippen molar-refractivity contribution >= 4 is 0 Å². The van der Waals surface area contributed by atoms with Crippen LogP contribution in [0.2, 0.25) is 0 Å². The molecule has 1 saturated heterocycles. The van der Waals surface area contributed by atoms with E-state index in [9.17, 15) is 0 Å². The van der Waals surface area contributed by atoms with Gasteiger partial charge in [-0.2, -0.15) is 0 Å². The van der Waals surface area contributed by atoms with Crippen LogP contribution < -0.4 is 5.32 Å². The average Bonchev–Trinajstić information content (AvgIpc) is 3.23. The Hall–Kier alpha value is -0.120. The Morgan fingerprint density at radius 2 is 1.57 bits per heavy atom. The first-order valence-corrected chi connectivity index (χ1v) is 9.37. The predicted octanol–water partition coefficient (Wildman–Crippen LogP) is 3.09. The molecular weight excluding hydrogens is 262 g/mol. The Morgan fingerprint density at radius 1 is 0.810 bits per heavy atom. The fourth-order valence-electron chi connectivity index (χ4n) is 6.57. The first kappa shape index (κ1) is 13.3. The van der Waals surface area contributed by atoms with E-state index in [0.717, 1.165) is 55.8 Å². The van der Waals surface area contributed by atoms with E-state index in [4.69, 9.17) is 9.47 Å². The summed E-state index contributed by atoms with van der Waals surface area (Å²) >= 11 is 0. The van der Waals surface area contributed by atoms with Crippen LogP contribution in [0.1, 0.15) is 57.8 Å². The maximum absolute atomic E-state index is 5.86. The Bertz CT molecular complexity index is 396. The van der Waals surface area contributed by atoms with Gasteiger partial charge in [-0.25, -0.2) is 0 Å². The van der Waals surface area contributed by atoms with Crippen molar-refractivity contribution in [3.8, 4) is 0 Å². The normalized spacial score (nSPS) is 48.3. The van der Waals surface area contributed by atoms with E-state index in [0.29, 0.717) is 6.04 Å². The molecule has 1 N–H and O–H groups in total. The topological polar surface area (TPSA) is 30.5 Å². The molecule has 5 aliphatic rings. The van der Waals surface area contributed by atoms with Crippen molar-refractivity contribution in [1.29, 1.82) is 0 Å². The molecule has 0 aromatic carbocycles. The Labute approximate surface area is 128 Å². The zero-order valence-corrected chi connectivity index (χ0v) is 13.1. The summed E-state index contributed by atoms with van der Waals surface area (Å²) in [5.74, 6) is 4.08. The molecule has 118 valence electrons. The quantitative estimate of drug-likeness (QED) is 0.848. The number of rotatable bonds is 2. The molecule has 4 saturated carbocycles. The van der Waals surface area contributed by atoms with Gasteiger partial charge in [0.15, 0.2) is 5.79 Å². The molecule has 21 heavy (non-hydrogen) atoms. The predicted molar refractivity (Wildman–Crippen MR) is 80.9 cm³/mol. The SMILES string of the molecule is C1CC2C3CC(NC4CCC5(CC4)OCCO5)C(C3)C2C1. The molecule has 0 amide bonds. The number of ether oxygens (including phenoxy) is 2. The molecule has 1 heterocycles. The molecule has 1 spiro atoms. The van der Waals surface area contributed by atoms with Crippen molar-refractivity contribution in [3.63, 3.8) is 0 Å². The summed E-state index contributed by atoms with van der Waals surface area (Å²) in [6, 6.07) is 1.55. The van der Waals surface area contributed by atoms with Crippen molar-refractivity contribution in [3.05, 3.63) is 0 Å². The Kier molecular flexibility index (Phi) is 3.14. The van der Waals surface area contributed by atoms with Gasteiger partial charge in [-0.1, -0.05) is 6.42 Å². The summed E-state index contributed by atoms with van der Waals surface area (Å²) in [4.78, 5) is 0. The van der Waals surface area contributed by atoms with E-state index in [-0.39, 0.29) is 5.79 Å². The number of fused-ring (bicyclic) bond motifs is 5. The van der Waals surface area contributed by atoms with Gasteiger partial charge in [0.1, 0.15) is 0 Å². The highest BCUT2D eigenvalue weighted by atomic mass is 16.7. The minimum Gasteiger partial charge on any atom is -0.348 e. The summed E-state index contributed by atoms with van der Waals surface area (Å²) in [5, 5.41) is 4.06. The minimum absolute atomic E-state index is 0.191. The van der Waals surface area contributed by atoms with Gasteiger partial charge in [-0.05, 0) is 62.2 Å². The lowest BCUT2D eigenvalue weighted by molar-refractivity contribution is -0.180. The third-order valence-corrected chi connectivity index (χ3v) is 7.44. The molecule has 4 aliphatic carbocycles. The highest BCUT2D eigenvalue weighted by Crippen LogP contribution is 2.58. The number of hydrogen-bond donors (Lipinski definition) is 1. The smallest absolute Gasteiger partial charge is 0.168 e. The van der Waals surface area contributed by atoms with E-state index >= 15 is 0 Å². The van der Waals surface area contributed by atoms with Gasteiger partial charge in [-0.3, -0.25) is 0 Å². The van der Waals surface area contributed by atoms with Crippen molar-refractivity contribution in [2.24, 2.45) is 23.7 Å². The van der Waals surface area contributed by atoms with E-state index in [1.54, 1.807) is 6.42 Å². The standard InChI is InChI=1S/C18H29NO2/c1-2-14-12-10-16(15(14)3-1)17(11-12)19-13-4-6-18(7-5-13)20-8-9-21-18/h12-17,19H,1-11H2. The molecule has 5 atom stereocenters. The summed E-state index contributed by atoms with van der Waals surface area (Å²) in [5.41, 5.74) is 0. The van der Waals surface area contributed by atoms with Crippen LogP contribution in [0.4, 0.5) is 0 Å². The van der Waals surface area contributed by atoms with Crippen LogP contribution in [0.5, 0.6) is 0 Å². The largest absolute Gasteiger partial charge is 0.348 e. The molecule has 5 fully saturated rings. The third-order valence-electron chi connectivity index (χ3n) is 7.44. The Balaban J connectivity index is 1.18. The first-order chi connectivity index (χ1) is 10.3. The van der Waals surface area contributed by atoms with E-state index in [1.165, 1.54) is 38.5 Å². The van der Waals surface area contributed by atoms with Crippen LogP contribution in [0.25, 0.3) is 0 Å². The van der Waals surface area contributed by atoms with Gasteiger partial charge in [0.25, 0.3) is 0 Å². The second kappa shape index (κ2) is 4.94. The van der Waals surface area contributed by atoms with Gasteiger partial charge < -0.3 is 14.8 Å².